The predicted octanol–water partition coefficient (Wildman–Crippen LogP) is 11.2. The maximum atomic E-state index is 13.8. The van der Waals surface area contributed by atoms with Gasteiger partial charge in [0.15, 0.2) is 0 Å². The lowest BCUT2D eigenvalue weighted by atomic mass is 9.75. The van der Waals surface area contributed by atoms with Gasteiger partial charge in [0.25, 0.3) is 0 Å². The van der Waals surface area contributed by atoms with E-state index in [0.717, 1.165) is 45.9 Å². The number of carbonyl (C=O) groups is 1. The van der Waals surface area contributed by atoms with Crippen molar-refractivity contribution in [2.24, 2.45) is 0 Å². The number of thioether (sulfide) groups is 1. The molecule has 0 amide bonds. The first-order chi connectivity index (χ1) is 17.9. The number of hydrogen-bond acceptors (Lipinski definition) is 5. The molecule has 0 fully saturated rings. The van der Waals surface area contributed by atoms with E-state index >= 15 is 0 Å². The average molecular weight is 567 g/mol. The van der Waals surface area contributed by atoms with E-state index in [2.05, 4.69) is 62.3 Å². The molecule has 1 aromatic rings. The number of phenolic OH excluding ortho intramolecular Hbond substituents is 1. The molecular formula is C33H58O3S2. The lowest BCUT2D eigenvalue weighted by molar-refractivity contribution is 0.0762. The summed E-state index contributed by atoms with van der Waals surface area (Å²) in [6.07, 6.45) is 15.5. The fraction of sp³-hybridized carbons (Fsp3) is 0.788. The molecule has 0 aromatic heterocycles. The summed E-state index contributed by atoms with van der Waals surface area (Å²) in [6, 6.07) is 0. The van der Waals surface area contributed by atoms with Gasteiger partial charge >= 0.3 is 5.97 Å². The summed E-state index contributed by atoms with van der Waals surface area (Å²) < 4.78 is 5.87. The van der Waals surface area contributed by atoms with E-state index in [1.165, 1.54) is 76.3 Å². The van der Waals surface area contributed by atoms with E-state index in [9.17, 15) is 9.90 Å². The minimum atomic E-state index is -0.305. The van der Waals surface area contributed by atoms with Gasteiger partial charge in [-0.05, 0) is 41.4 Å². The number of carbonyl (C=O) groups excluding carboxylic acids is 1. The van der Waals surface area contributed by atoms with E-state index in [1.54, 1.807) is 11.8 Å². The van der Waals surface area contributed by atoms with Crippen molar-refractivity contribution < 1.29 is 14.1 Å². The summed E-state index contributed by atoms with van der Waals surface area (Å²) >= 11 is 3.04. The smallest absolute Gasteiger partial charge is 0.351 e. The van der Waals surface area contributed by atoms with Gasteiger partial charge < -0.3 is 9.29 Å². The van der Waals surface area contributed by atoms with Crippen LogP contribution in [0, 0.1) is 0 Å². The first-order valence-corrected chi connectivity index (χ1v) is 17.2. The number of aromatic hydroxyl groups is 1. The Bertz CT molecular complexity index is 834. The zero-order valence-electron chi connectivity index (χ0n) is 26.2. The molecule has 0 spiro atoms. The molecule has 0 saturated carbocycles. The molecule has 3 nitrogen and oxygen atoms in total. The van der Waals surface area contributed by atoms with Gasteiger partial charge in [-0.3, -0.25) is 0 Å². The fourth-order valence-corrected chi connectivity index (χ4v) is 7.16. The van der Waals surface area contributed by atoms with Crippen molar-refractivity contribution in [2.45, 2.75) is 162 Å². The third-order valence-electron chi connectivity index (χ3n) is 7.05. The van der Waals surface area contributed by atoms with Crippen LogP contribution in [-0.2, 0) is 21.4 Å². The lowest BCUT2D eigenvalue weighted by Crippen LogP contribution is -2.24. The van der Waals surface area contributed by atoms with E-state index in [0.29, 0.717) is 17.7 Å². The monoisotopic (exact) mass is 566 g/mol. The van der Waals surface area contributed by atoms with Gasteiger partial charge in [-0.15, -0.1) is 11.8 Å². The van der Waals surface area contributed by atoms with Crippen molar-refractivity contribution in [3.8, 4) is 5.75 Å². The molecule has 1 aromatic carbocycles. The third kappa shape index (κ3) is 11.4. The third-order valence-corrected chi connectivity index (χ3v) is 8.96. The summed E-state index contributed by atoms with van der Waals surface area (Å²) in [7, 11) is 0. The van der Waals surface area contributed by atoms with Crippen molar-refractivity contribution in [1.29, 1.82) is 0 Å². The number of hydrogen-bond donors (Lipinski definition) is 1. The number of unbranched alkanes of at least 4 members (excludes halogenated alkanes) is 10. The summed E-state index contributed by atoms with van der Waals surface area (Å²) in [4.78, 5) is 14.7. The second-order valence-corrected chi connectivity index (χ2v) is 14.6. The molecule has 0 atom stereocenters. The molecule has 5 heteroatoms. The van der Waals surface area contributed by atoms with Gasteiger partial charge in [0.1, 0.15) is 5.75 Å². The van der Waals surface area contributed by atoms with E-state index < -0.39 is 0 Å². The number of benzene rings is 1. The van der Waals surface area contributed by atoms with Crippen molar-refractivity contribution in [2.75, 3.05) is 11.5 Å². The standard InChI is InChI=1S/C33H58O3S2/c1-10-13-15-17-19-21-23-37-30-26(31(35)36-38-24-22-20-18-16-14-11-2)25(12-3)27(32(4,5)6)29(34)28(30)33(7,8)9/h34H,10-24H2,1-9H3. The number of phenols is 1. The molecule has 1 rings (SSSR count). The van der Waals surface area contributed by atoms with Crippen LogP contribution in [0.4, 0.5) is 0 Å². The molecule has 0 unspecified atom stereocenters. The number of rotatable bonds is 18. The molecule has 220 valence electrons. The zero-order chi connectivity index (χ0) is 28.8. The second-order valence-electron chi connectivity index (χ2n) is 12.7. The van der Waals surface area contributed by atoms with Crippen LogP contribution in [0.5, 0.6) is 5.75 Å². The van der Waals surface area contributed by atoms with Crippen LogP contribution < -0.4 is 0 Å². The van der Waals surface area contributed by atoms with Crippen molar-refractivity contribution in [1.82, 2.24) is 0 Å². The Morgan fingerprint density at radius 3 is 1.66 bits per heavy atom. The lowest BCUT2D eigenvalue weighted by Gasteiger charge is -2.33. The van der Waals surface area contributed by atoms with Crippen LogP contribution in [0.1, 0.15) is 166 Å². The normalized spacial score (nSPS) is 12.2. The molecule has 1 N–H and O–H groups in total. The maximum Gasteiger partial charge on any atom is 0.351 e. The molecular weight excluding hydrogens is 508 g/mol. The van der Waals surface area contributed by atoms with Crippen molar-refractivity contribution >= 4 is 29.8 Å². The van der Waals surface area contributed by atoms with Crippen LogP contribution in [0.25, 0.3) is 0 Å². The highest BCUT2D eigenvalue weighted by Crippen LogP contribution is 2.49. The maximum absolute atomic E-state index is 13.8. The minimum Gasteiger partial charge on any atom is -0.507 e. The van der Waals surface area contributed by atoms with E-state index in [4.69, 9.17) is 4.18 Å². The molecule has 0 radical (unpaired) electrons. The fourth-order valence-electron chi connectivity index (χ4n) is 5.11. The summed E-state index contributed by atoms with van der Waals surface area (Å²) in [5.41, 5.74) is 2.81. The summed E-state index contributed by atoms with van der Waals surface area (Å²) in [5, 5.41) is 11.7. The molecule has 38 heavy (non-hydrogen) atoms. The largest absolute Gasteiger partial charge is 0.507 e. The SMILES string of the molecule is CCCCCCCCSOC(=O)c1c(CC)c(C(C)(C)C)c(O)c(C(C)(C)C)c1SCCCCCCCC. The molecule has 0 aliphatic heterocycles. The van der Waals surface area contributed by atoms with Gasteiger partial charge in [-0.2, -0.15) is 0 Å². The quantitative estimate of drug-likeness (QED) is 0.109. The van der Waals surface area contributed by atoms with Gasteiger partial charge in [-0.1, -0.05) is 127 Å². The Balaban J connectivity index is 3.29. The van der Waals surface area contributed by atoms with Gasteiger partial charge in [-0.25, -0.2) is 4.79 Å². The van der Waals surface area contributed by atoms with Crippen LogP contribution >= 0.6 is 23.8 Å². The second kappa shape index (κ2) is 17.8. The van der Waals surface area contributed by atoms with Crippen LogP contribution in [0.15, 0.2) is 4.90 Å². The Morgan fingerprint density at radius 1 is 0.711 bits per heavy atom. The Labute approximate surface area is 244 Å². The van der Waals surface area contributed by atoms with Gasteiger partial charge in [0, 0.05) is 21.8 Å². The van der Waals surface area contributed by atoms with E-state index in [1.807, 2.05) is 0 Å². The van der Waals surface area contributed by atoms with Gasteiger partial charge in [0.05, 0.1) is 17.6 Å². The Morgan fingerprint density at radius 2 is 1.18 bits per heavy atom. The summed E-state index contributed by atoms with van der Waals surface area (Å²) in [6.45, 7) is 19.3. The Hall–Kier alpha value is -0.810. The highest BCUT2D eigenvalue weighted by atomic mass is 32.2. The topological polar surface area (TPSA) is 46.5 Å². The van der Waals surface area contributed by atoms with Crippen LogP contribution in [-0.4, -0.2) is 22.6 Å². The van der Waals surface area contributed by atoms with Crippen molar-refractivity contribution in [3.05, 3.63) is 22.3 Å². The van der Waals surface area contributed by atoms with Crippen LogP contribution in [0.2, 0.25) is 0 Å². The first-order valence-electron chi connectivity index (χ1n) is 15.3. The van der Waals surface area contributed by atoms with Crippen LogP contribution in [0.3, 0.4) is 0 Å². The minimum absolute atomic E-state index is 0.251. The highest BCUT2D eigenvalue weighted by Gasteiger charge is 2.36. The zero-order valence-corrected chi connectivity index (χ0v) is 27.8. The Kier molecular flexibility index (Phi) is 16.5. The van der Waals surface area contributed by atoms with E-state index in [-0.39, 0.29) is 16.8 Å². The average Bonchev–Trinajstić information content (AvgIpc) is 2.82. The summed E-state index contributed by atoms with van der Waals surface area (Å²) in [5.74, 6) is 1.89. The van der Waals surface area contributed by atoms with Crippen molar-refractivity contribution in [3.63, 3.8) is 0 Å². The molecule has 0 heterocycles. The molecule has 0 saturated heterocycles. The molecule has 0 bridgehead atoms. The highest BCUT2D eigenvalue weighted by molar-refractivity contribution is 7.99. The predicted molar refractivity (Wildman–Crippen MR) is 170 cm³/mol. The van der Waals surface area contributed by atoms with Gasteiger partial charge in [0.2, 0.25) is 0 Å². The molecule has 0 aliphatic carbocycles. The first kappa shape index (κ1) is 35.2. The molecule has 0 aliphatic rings.